The second-order valence-electron chi connectivity index (χ2n) is 6.52. The summed E-state index contributed by atoms with van der Waals surface area (Å²) in [5.74, 6) is -1.27. The Balaban J connectivity index is 1.89. The van der Waals surface area contributed by atoms with Gasteiger partial charge in [0.25, 0.3) is 11.6 Å². The number of nitro benzene ring substituents is 1. The van der Waals surface area contributed by atoms with Crippen molar-refractivity contribution in [2.24, 2.45) is 0 Å². The Morgan fingerprint density at radius 1 is 0.967 bits per heavy atom. The third kappa shape index (κ3) is 5.08. The van der Waals surface area contributed by atoms with Crippen LogP contribution in [0.4, 0.5) is 11.4 Å². The van der Waals surface area contributed by atoms with Crippen molar-refractivity contribution in [3.63, 3.8) is 0 Å². The fraction of sp³-hybridized carbons (Fsp3) is 0.130. The zero-order chi connectivity index (χ0) is 21.5. The first-order chi connectivity index (χ1) is 14.5. The van der Waals surface area contributed by atoms with E-state index in [1.54, 1.807) is 19.1 Å². The summed E-state index contributed by atoms with van der Waals surface area (Å²) >= 11 is 0. The zero-order valence-electron chi connectivity index (χ0n) is 16.3. The van der Waals surface area contributed by atoms with Gasteiger partial charge >= 0.3 is 5.97 Å². The van der Waals surface area contributed by atoms with Gasteiger partial charge in [-0.2, -0.15) is 0 Å². The lowest BCUT2D eigenvalue weighted by atomic mass is 10.0. The molecule has 0 saturated heterocycles. The first-order valence-corrected chi connectivity index (χ1v) is 9.37. The molecule has 0 spiro atoms. The number of nitrogens with one attached hydrogen (secondary N) is 1. The molecule has 0 aliphatic rings. The van der Waals surface area contributed by atoms with Crippen LogP contribution in [0.1, 0.15) is 38.8 Å². The molecule has 0 bridgehead atoms. The van der Waals surface area contributed by atoms with Gasteiger partial charge in [0.15, 0.2) is 0 Å². The van der Waals surface area contributed by atoms with Gasteiger partial charge in [0, 0.05) is 23.4 Å². The van der Waals surface area contributed by atoms with Crippen molar-refractivity contribution in [1.82, 2.24) is 0 Å². The average Bonchev–Trinajstić information content (AvgIpc) is 2.75. The molecule has 0 radical (unpaired) electrons. The fourth-order valence-corrected chi connectivity index (χ4v) is 2.99. The molecule has 0 saturated carbocycles. The minimum atomic E-state index is -0.722. The molecule has 30 heavy (non-hydrogen) atoms. The van der Waals surface area contributed by atoms with Crippen LogP contribution in [0.25, 0.3) is 0 Å². The maximum atomic E-state index is 12.8. The second kappa shape index (κ2) is 9.47. The van der Waals surface area contributed by atoms with E-state index in [0.717, 1.165) is 23.3 Å². The highest BCUT2D eigenvalue weighted by atomic mass is 16.6. The number of carbonyl (C=O) groups is 2. The van der Waals surface area contributed by atoms with E-state index < -0.39 is 16.8 Å². The number of nitro groups is 1. The third-order valence-corrected chi connectivity index (χ3v) is 4.40. The lowest BCUT2D eigenvalue weighted by Gasteiger charge is -2.12. The van der Waals surface area contributed by atoms with Crippen molar-refractivity contribution >= 4 is 23.3 Å². The van der Waals surface area contributed by atoms with Gasteiger partial charge in [-0.1, -0.05) is 48.5 Å². The largest absolute Gasteiger partial charge is 0.462 e. The summed E-state index contributed by atoms with van der Waals surface area (Å²) in [6.45, 7) is 1.75. The Labute approximate surface area is 173 Å². The number of benzene rings is 3. The molecule has 7 nitrogen and oxygen atoms in total. The molecule has 152 valence electrons. The molecule has 0 aliphatic carbocycles. The van der Waals surface area contributed by atoms with Crippen LogP contribution in [0.2, 0.25) is 0 Å². The number of para-hydroxylation sites is 1. The topological polar surface area (TPSA) is 98.5 Å². The summed E-state index contributed by atoms with van der Waals surface area (Å²) in [6, 6.07) is 20.7. The molecule has 7 heteroatoms. The van der Waals surface area contributed by atoms with E-state index >= 15 is 0 Å². The standard InChI is InChI=1S/C23H20N2O5/c1-2-30-23(27)19-13-18(14-20(15-19)25(28)29)22(26)24-21-11-7-6-10-17(21)12-16-8-4-3-5-9-16/h3-11,13-15H,2,12H2,1H3,(H,24,26). The molecule has 1 N–H and O–H groups in total. The van der Waals surface area contributed by atoms with E-state index in [1.807, 2.05) is 42.5 Å². The SMILES string of the molecule is CCOC(=O)c1cc(C(=O)Nc2ccccc2Cc2ccccc2)cc([N+](=O)[O-])c1. The number of non-ortho nitro benzene ring substituents is 1. The number of rotatable bonds is 7. The van der Waals surface area contributed by atoms with Crippen LogP contribution in [-0.2, 0) is 11.2 Å². The van der Waals surface area contributed by atoms with Crippen LogP contribution in [0.3, 0.4) is 0 Å². The van der Waals surface area contributed by atoms with E-state index in [4.69, 9.17) is 4.74 Å². The predicted molar refractivity (Wildman–Crippen MR) is 113 cm³/mol. The Morgan fingerprint density at radius 3 is 2.33 bits per heavy atom. The zero-order valence-corrected chi connectivity index (χ0v) is 16.3. The molecule has 3 aromatic rings. The van der Waals surface area contributed by atoms with E-state index in [1.165, 1.54) is 6.07 Å². The fourth-order valence-electron chi connectivity index (χ4n) is 2.99. The Bertz CT molecular complexity index is 1080. The van der Waals surface area contributed by atoms with Gasteiger partial charge in [-0.05, 0) is 36.6 Å². The number of hydrogen-bond acceptors (Lipinski definition) is 5. The highest BCUT2D eigenvalue weighted by molar-refractivity contribution is 6.06. The molecule has 0 aliphatic heterocycles. The van der Waals surface area contributed by atoms with Gasteiger partial charge < -0.3 is 10.1 Å². The molecule has 3 rings (SSSR count). The summed E-state index contributed by atoms with van der Waals surface area (Å²) in [6.07, 6.45) is 0.611. The number of nitrogens with zero attached hydrogens (tertiary/aromatic N) is 1. The first-order valence-electron chi connectivity index (χ1n) is 9.37. The highest BCUT2D eigenvalue weighted by Gasteiger charge is 2.19. The summed E-state index contributed by atoms with van der Waals surface area (Å²) in [7, 11) is 0. The average molecular weight is 404 g/mol. The first kappa shape index (κ1) is 20.7. The van der Waals surface area contributed by atoms with Gasteiger partial charge in [-0.3, -0.25) is 14.9 Å². The van der Waals surface area contributed by atoms with Crippen LogP contribution in [0.5, 0.6) is 0 Å². The summed E-state index contributed by atoms with van der Waals surface area (Å²) in [4.78, 5) is 35.5. The Morgan fingerprint density at radius 2 is 1.63 bits per heavy atom. The smallest absolute Gasteiger partial charge is 0.338 e. The summed E-state index contributed by atoms with van der Waals surface area (Å²) in [5, 5.41) is 14.0. The van der Waals surface area contributed by atoms with Crippen molar-refractivity contribution in [2.75, 3.05) is 11.9 Å². The van der Waals surface area contributed by atoms with Gasteiger partial charge in [0.1, 0.15) is 0 Å². The maximum Gasteiger partial charge on any atom is 0.338 e. The molecule has 0 unspecified atom stereocenters. The minimum absolute atomic E-state index is 0.00164. The van der Waals surface area contributed by atoms with Gasteiger partial charge in [0.2, 0.25) is 0 Å². The van der Waals surface area contributed by atoms with Crippen LogP contribution < -0.4 is 5.32 Å². The third-order valence-electron chi connectivity index (χ3n) is 4.40. The van der Waals surface area contributed by atoms with Crippen LogP contribution >= 0.6 is 0 Å². The molecule has 0 heterocycles. The second-order valence-corrected chi connectivity index (χ2v) is 6.52. The number of esters is 1. The van der Waals surface area contributed by atoms with Gasteiger partial charge in [0.05, 0.1) is 17.1 Å². The molecule has 0 fully saturated rings. The predicted octanol–water partition coefficient (Wildman–Crippen LogP) is 4.61. The lowest BCUT2D eigenvalue weighted by molar-refractivity contribution is -0.384. The summed E-state index contributed by atoms with van der Waals surface area (Å²) in [5.41, 5.74) is 2.17. The van der Waals surface area contributed by atoms with Gasteiger partial charge in [-0.15, -0.1) is 0 Å². The minimum Gasteiger partial charge on any atom is -0.462 e. The van der Waals surface area contributed by atoms with E-state index in [2.05, 4.69) is 5.32 Å². The maximum absolute atomic E-state index is 12.8. The molecular weight excluding hydrogens is 384 g/mol. The number of amides is 1. The van der Waals surface area contributed by atoms with E-state index in [9.17, 15) is 19.7 Å². The molecule has 3 aromatic carbocycles. The summed E-state index contributed by atoms with van der Waals surface area (Å²) < 4.78 is 4.91. The van der Waals surface area contributed by atoms with Crippen molar-refractivity contribution in [2.45, 2.75) is 13.3 Å². The quantitative estimate of drug-likeness (QED) is 0.352. The van der Waals surface area contributed by atoms with E-state index in [-0.39, 0.29) is 23.4 Å². The van der Waals surface area contributed by atoms with E-state index in [0.29, 0.717) is 12.1 Å². The number of carbonyl (C=O) groups excluding carboxylic acids is 2. The monoisotopic (exact) mass is 404 g/mol. The molecule has 0 atom stereocenters. The normalized spacial score (nSPS) is 10.3. The van der Waals surface area contributed by atoms with Crippen molar-refractivity contribution in [3.05, 3.63) is 105 Å². The number of anilines is 1. The Kier molecular flexibility index (Phi) is 6.54. The van der Waals surface area contributed by atoms with Crippen molar-refractivity contribution < 1.29 is 19.2 Å². The highest BCUT2D eigenvalue weighted by Crippen LogP contribution is 2.22. The van der Waals surface area contributed by atoms with Crippen molar-refractivity contribution in [3.8, 4) is 0 Å². The van der Waals surface area contributed by atoms with Gasteiger partial charge in [-0.25, -0.2) is 4.79 Å². The number of hydrogen-bond donors (Lipinski definition) is 1. The molecular formula is C23H20N2O5. The lowest BCUT2D eigenvalue weighted by Crippen LogP contribution is -2.15. The van der Waals surface area contributed by atoms with Crippen molar-refractivity contribution in [1.29, 1.82) is 0 Å². The Hall–Kier alpha value is -4.00. The van der Waals surface area contributed by atoms with Crippen LogP contribution in [-0.4, -0.2) is 23.4 Å². The number of ether oxygens (including phenoxy) is 1. The van der Waals surface area contributed by atoms with Crippen LogP contribution in [0.15, 0.2) is 72.8 Å². The molecule has 0 aromatic heterocycles. The van der Waals surface area contributed by atoms with Crippen LogP contribution in [0, 0.1) is 10.1 Å². The molecule has 1 amide bonds.